The first kappa shape index (κ1) is 22.0. The summed E-state index contributed by atoms with van der Waals surface area (Å²) in [6, 6.07) is 11.1. The molecule has 0 aromatic heterocycles. The van der Waals surface area contributed by atoms with Gasteiger partial charge in [-0.15, -0.1) is 0 Å². The molecule has 0 radical (unpaired) electrons. The molecule has 1 unspecified atom stereocenters. The predicted octanol–water partition coefficient (Wildman–Crippen LogP) is 1.62. The van der Waals surface area contributed by atoms with Crippen LogP contribution in [0.1, 0.15) is 34.1 Å². The third-order valence-electron chi connectivity index (χ3n) is 2.77. The number of hydrogen-bond donors (Lipinski definition) is 3. The standard InChI is InChI=1S/C9H19N2O2P.C6H7BO2/c1-8(2)11(9(3)4)14(12)13-7-5-6-10;8-7(9)6-4-2-1-3-5-6/h8-9,12H,5,7H2,1-4H3;1-5,8-9H. The summed E-state index contributed by atoms with van der Waals surface area (Å²) in [5.74, 6) is 0. The van der Waals surface area contributed by atoms with E-state index in [1.165, 1.54) is 0 Å². The first-order valence-electron chi connectivity index (χ1n) is 7.49. The number of rotatable bonds is 7. The smallest absolute Gasteiger partial charge is 0.423 e. The lowest BCUT2D eigenvalue weighted by atomic mass is 9.81. The van der Waals surface area contributed by atoms with E-state index in [0.717, 1.165) is 0 Å². The summed E-state index contributed by atoms with van der Waals surface area (Å²) in [5, 5.41) is 25.5. The van der Waals surface area contributed by atoms with Crippen LogP contribution >= 0.6 is 8.53 Å². The summed E-state index contributed by atoms with van der Waals surface area (Å²) in [6.45, 7) is 8.35. The number of benzene rings is 1. The van der Waals surface area contributed by atoms with Crippen molar-refractivity contribution in [2.24, 2.45) is 0 Å². The van der Waals surface area contributed by atoms with Gasteiger partial charge in [0.25, 0.3) is 8.53 Å². The third kappa shape index (κ3) is 9.67. The van der Waals surface area contributed by atoms with Crippen LogP contribution in [0, 0.1) is 11.3 Å². The van der Waals surface area contributed by atoms with Crippen LogP contribution in [0.3, 0.4) is 0 Å². The van der Waals surface area contributed by atoms with Gasteiger partial charge in [-0.25, -0.2) is 4.67 Å². The van der Waals surface area contributed by atoms with Crippen molar-refractivity contribution in [3.63, 3.8) is 0 Å². The van der Waals surface area contributed by atoms with Crippen molar-refractivity contribution in [1.82, 2.24) is 4.67 Å². The van der Waals surface area contributed by atoms with E-state index >= 15 is 0 Å². The SMILES string of the molecule is CC(C)N(C(C)C)P(O)OCCC#N.OB(O)c1ccccc1. The highest BCUT2D eigenvalue weighted by Crippen LogP contribution is 2.40. The summed E-state index contributed by atoms with van der Waals surface area (Å²) in [5.41, 5.74) is 0.525. The number of nitriles is 1. The maximum Gasteiger partial charge on any atom is 0.488 e. The third-order valence-corrected chi connectivity index (χ3v) is 4.51. The Morgan fingerprint density at radius 3 is 2.04 bits per heavy atom. The normalized spacial score (nSPS) is 11.9. The molecule has 128 valence electrons. The minimum atomic E-state index is -1.55. The second-order valence-corrected chi connectivity index (χ2v) is 6.57. The molecule has 3 N–H and O–H groups in total. The molecule has 8 heteroatoms. The van der Waals surface area contributed by atoms with Gasteiger partial charge in [0.2, 0.25) is 0 Å². The first-order valence-corrected chi connectivity index (χ1v) is 8.66. The molecular formula is C15H26BN2O4P. The van der Waals surface area contributed by atoms with Crippen molar-refractivity contribution in [3.05, 3.63) is 30.3 Å². The maximum atomic E-state index is 9.74. The minimum absolute atomic E-state index is 0.244. The molecule has 0 bridgehead atoms. The molecule has 1 aromatic rings. The van der Waals surface area contributed by atoms with E-state index in [2.05, 4.69) is 0 Å². The van der Waals surface area contributed by atoms with Crippen LogP contribution in [0.25, 0.3) is 0 Å². The van der Waals surface area contributed by atoms with E-state index in [4.69, 9.17) is 19.8 Å². The molecule has 6 nitrogen and oxygen atoms in total. The van der Waals surface area contributed by atoms with Crippen molar-refractivity contribution in [1.29, 1.82) is 5.26 Å². The fourth-order valence-electron chi connectivity index (χ4n) is 1.86. The van der Waals surface area contributed by atoms with Gasteiger partial charge in [0, 0.05) is 12.1 Å². The van der Waals surface area contributed by atoms with E-state index in [0.29, 0.717) is 18.5 Å². The van der Waals surface area contributed by atoms with Gasteiger partial charge in [0.15, 0.2) is 0 Å². The molecular weight excluding hydrogens is 314 g/mol. The Kier molecular flexibility index (Phi) is 11.9. The van der Waals surface area contributed by atoms with Crippen LogP contribution in [0.4, 0.5) is 0 Å². The van der Waals surface area contributed by atoms with Gasteiger partial charge >= 0.3 is 7.12 Å². The second-order valence-electron chi connectivity index (χ2n) is 5.35. The largest absolute Gasteiger partial charge is 0.488 e. The Morgan fingerprint density at radius 2 is 1.70 bits per heavy atom. The zero-order valence-electron chi connectivity index (χ0n) is 14.1. The molecule has 0 saturated carbocycles. The minimum Gasteiger partial charge on any atom is -0.423 e. The molecule has 1 rings (SSSR count). The fourth-order valence-corrected chi connectivity index (χ4v) is 3.03. The molecule has 23 heavy (non-hydrogen) atoms. The summed E-state index contributed by atoms with van der Waals surface area (Å²) < 4.78 is 7.10. The lowest BCUT2D eigenvalue weighted by Gasteiger charge is -2.32. The lowest BCUT2D eigenvalue weighted by molar-refractivity contribution is 0.215. The van der Waals surface area contributed by atoms with Crippen molar-refractivity contribution in [2.75, 3.05) is 6.61 Å². The maximum absolute atomic E-state index is 9.74. The Bertz CT molecular complexity index is 447. The highest BCUT2D eigenvalue weighted by Gasteiger charge is 2.23. The van der Waals surface area contributed by atoms with E-state index in [-0.39, 0.29) is 12.1 Å². The molecule has 0 spiro atoms. The number of hydrogen-bond acceptors (Lipinski definition) is 6. The van der Waals surface area contributed by atoms with Crippen LogP contribution in [0.2, 0.25) is 0 Å². The van der Waals surface area contributed by atoms with Crippen LogP contribution < -0.4 is 5.46 Å². The molecule has 1 atom stereocenters. The summed E-state index contributed by atoms with van der Waals surface area (Å²) in [6.07, 6.45) is 0.323. The van der Waals surface area contributed by atoms with Crippen LogP contribution in [0.5, 0.6) is 0 Å². The first-order chi connectivity index (χ1) is 10.8. The summed E-state index contributed by atoms with van der Waals surface area (Å²) in [4.78, 5) is 9.74. The van der Waals surface area contributed by atoms with E-state index in [1.807, 2.05) is 44.5 Å². The Balaban J connectivity index is 0.000000459. The second kappa shape index (κ2) is 12.4. The molecule has 0 aliphatic heterocycles. The predicted molar refractivity (Wildman–Crippen MR) is 93.7 cm³/mol. The number of nitrogens with zero attached hydrogens (tertiary/aromatic N) is 2. The average molecular weight is 340 g/mol. The Hall–Kier alpha value is -0.995. The summed E-state index contributed by atoms with van der Waals surface area (Å²) in [7, 11) is -2.89. The van der Waals surface area contributed by atoms with Gasteiger partial charge in [-0.3, -0.25) is 0 Å². The molecule has 0 saturated heterocycles. The van der Waals surface area contributed by atoms with Crippen LogP contribution in [-0.2, 0) is 4.52 Å². The van der Waals surface area contributed by atoms with E-state index < -0.39 is 15.6 Å². The van der Waals surface area contributed by atoms with Crippen molar-refractivity contribution in [2.45, 2.75) is 46.2 Å². The Morgan fingerprint density at radius 1 is 1.17 bits per heavy atom. The summed E-state index contributed by atoms with van der Waals surface area (Å²) >= 11 is 0. The van der Waals surface area contributed by atoms with Gasteiger partial charge in [-0.1, -0.05) is 30.3 Å². The molecule has 0 aliphatic rings. The van der Waals surface area contributed by atoms with Crippen LogP contribution in [-0.4, -0.2) is 45.4 Å². The zero-order chi connectivity index (χ0) is 17.8. The van der Waals surface area contributed by atoms with Crippen molar-refractivity contribution in [3.8, 4) is 6.07 Å². The van der Waals surface area contributed by atoms with Gasteiger partial charge in [0.1, 0.15) is 0 Å². The van der Waals surface area contributed by atoms with E-state index in [1.54, 1.807) is 24.3 Å². The van der Waals surface area contributed by atoms with Gasteiger partial charge < -0.3 is 19.5 Å². The quantitative estimate of drug-likeness (QED) is 0.397. The fraction of sp³-hybridized carbons (Fsp3) is 0.533. The molecule has 1 aromatic carbocycles. The molecule has 0 aliphatic carbocycles. The van der Waals surface area contributed by atoms with Crippen molar-refractivity contribution < 1.29 is 19.5 Å². The molecule has 0 fully saturated rings. The van der Waals surface area contributed by atoms with Crippen LogP contribution in [0.15, 0.2) is 30.3 Å². The average Bonchev–Trinajstić information content (AvgIpc) is 2.48. The van der Waals surface area contributed by atoms with E-state index in [9.17, 15) is 4.89 Å². The highest BCUT2D eigenvalue weighted by atomic mass is 31.2. The van der Waals surface area contributed by atoms with Crippen molar-refractivity contribution >= 4 is 21.1 Å². The topological polar surface area (TPSA) is 97.0 Å². The zero-order valence-corrected chi connectivity index (χ0v) is 15.0. The highest BCUT2D eigenvalue weighted by molar-refractivity contribution is 7.43. The Labute approximate surface area is 140 Å². The monoisotopic (exact) mass is 340 g/mol. The van der Waals surface area contributed by atoms with Gasteiger partial charge in [-0.2, -0.15) is 5.26 Å². The van der Waals surface area contributed by atoms with Gasteiger partial charge in [-0.05, 0) is 33.2 Å². The lowest BCUT2D eigenvalue weighted by Crippen LogP contribution is -2.32. The van der Waals surface area contributed by atoms with Gasteiger partial charge in [0.05, 0.1) is 19.1 Å². The molecule has 0 amide bonds. The molecule has 0 heterocycles.